The van der Waals surface area contributed by atoms with Crippen molar-refractivity contribution >= 4 is 16.9 Å². The second-order valence-electron chi connectivity index (χ2n) is 6.50. The Bertz CT molecular complexity index is 323. The number of fused-ring (bicyclic) bond motifs is 1. The molecule has 1 saturated carbocycles. The van der Waals surface area contributed by atoms with Crippen LogP contribution in [0.1, 0.15) is 38.5 Å². The molecule has 2 aliphatic heterocycles. The lowest BCUT2D eigenvalue weighted by Gasteiger charge is -2.37. The highest BCUT2D eigenvalue weighted by Crippen LogP contribution is 2.31. The normalized spacial score (nSPS) is 35.9. The molecule has 3 nitrogen and oxygen atoms in total. The summed E-state index contributed by atoms with van der Waals surface area (Å²) < 4.78 is 0. The van der Waals surface area contributed by atoms with Crippen molar-refractivity contribution in [3.8, 4) is 0 Å². The smallest absolute Gasteiger partial charge is 0.156 e. The summed E-state index contributed by atoms with van der Waals surface area (Å²) in [6, 6.07) is 0.728. The largest absolute Gasteiger partial charge is 0.362 e. The highest BCUT2D eigenvalue weighted by Gasteiger charge is 2.30. The average molecular weight is 281 g/mol. The standard InChI is InChI=1S/C15H27N3S/c1-18-8-6-12(7-9-18)10-16-15-17-14-5-3-2-4-13(14)11-19-15/h12-14H,2-11H2,1H3,(H,16,17). The third-order valence-corrected chi connectivity index (χ3v) is 6.10. The molecule has 19 heavy (non-hydrogen) atoms. The molecule has 2 saturated heterocycles. The molecule has 0 aromatic rings. The molecule has 0 bridgehead atoms. The molecule has 4 heteroatoms. The van der Waals surface area contributed by atoms with Gasteiger partial charge in [0, 0.05) is 18.3 Å². The number of hydrogen-bond donors (Lipinski definition) is 1. The predicted octanol–water partition coefficient (Wildman–Crippen LogP) is 2.58. The van der Waals surface area contributed by atoms with E-state index in [0.717, 1.165) is 24.4 Å². The van der Waals surface area contributed by atoms with E-state index in [4.69, 9.17) is 4.99 Å². The van der Waals surface area contributed by atoms with E-state index in [2.05, 4.69) is 17.3 Å². The summed E-state index contributed by atoms with van der Waals surface area (Å²) in [6.07, 6.45) is 8.27. The Morgan fingerprint density at radius 1 is 1.21 bits per heavy atom. The Morgan fingerprint density at radius 2 is 2.00 bits per heavy atom. The first-order chi connectivity index (χ1) is 9.31. The Balaban J connectivity index is 1.48. The topological polar surface area (TPSA) is 27.6 Å². The molecule has 1 aliphatic carbocycles. The third kappa shape index (κ3) is 3.66. The molecule has 3 aliphatic rings. The van der Waals surface area contributed by atoms with Gasteiger partial charge >= 0.3 is 0 Å². The van der Waals surface area contributed by atoms with Crippen molar-refractivity contribution in [2.45, 2.75) is 44.6 Å². The van der Waals surface area contributed by atoms with Crippen molar-refractivity contribution < 1.29 is 0 Å². The molecule has 0 radical (unpaired) electrons. The van der Waals surface area contributed by atoms with Gasteiger partial charge in [0.1, 0.15) is 0 Å². The van der Waals surface area contributed by atoms with Crippen molar-refractivity contribution in [1.82, 2.24) is 10.2 Å². The molecule has 108 valence electrons. The molecule has 2 unspecified atom stereocenters. The molecule has 3 fully saturated rings. The number of nitrogens with zero attached hydrogens (tertiary/aromatic N) is 2. The SMILES string of the molecule is CN1CCC(CN=C2NC3CCCCC3CS2)CC1. The van der Waals surface area contributed by atoms with Gasteiger partial charge in [-0.3, -0.25) is 4.99 Å². The van der Waals surface area contributed by atoms with Gasteiger partial charge in [0.2, 0.25) is 0 Å². The van der Waals surface area contributed by atoms with Crippen molar-refractivity contribution in [1.29, 1.82) is 0 Å². The van der Waals surface area contributed by atoms with Crippen molar-refractivity contribution in [3.63, 3.8) is 0 Å². The number of thioether (sulfide) groups is 1. The Morgan fingerprint density at radius 3 is 2.84 bits per heavy atom. The summed E-state index contributed by atoms with van der Waals surface area (Å²) in [5.41, 5.74) is 0. The summed E-state index contributed by atoms with van der Waals surface area (Å²) >= 11 is 1.97. The minimum atomic E-state index is 0.728. The van der Waals surface area contributed by atoms with E-state index in [0.29, 0.717) is 0 Å². The van der Waals surface area contributed by atoms with Gasteiger partial charge < -0.3 is 10.2 Å². The van der Waals surface area contributed by atoms with Crippen LogP contribution < -0.4 is 5.32 Å². The number of hydrogen-bond acceptors (Lipinski definition) is 3. The fourth-order valence-corrected chi connectivity index (χ4v) is 4.70. The van der Waals surface area contributed by atoms with Crippen LogP contribution in [0.15, 0.2) is 4.99 Å². The molecule has 0 aromatic heterocycles. The highest BCUT2D eigenvalue weighted by molar-refractivity contribution is 8.13. The molecule has 1 N–H and O–H groups in total. The van der Waals surface area contributed by atoms with Gasteiger partial charge in [-0.15, -0.1) is 0 Å². The molecular weight excluding hydrogens is 254 g/mol. The zero-order valence-corrected chi connectivity index (χ0v) is 12.9. The molecule has 0 amide bonds. The fourth-order valence-electron chi connectivity index (χ4n) is 3.53. The molecule has 2 atom stereocenters. The summed E-state index contributed by atoms with van der Waals surface area (Å²) in [6.45, 7) is 3.54. The quantitative estimate of drug-likeness (QED) is 0.843. The third-order valence-electron chi connectivity index (χ3n) is 4.98. The molecule has 0 aromatic carbocycles. The van der Waals surface area contributed by atoms with Crippen LogP contribution in [0.2, 0.25) is 0 Å². The van der Waals surface area contributed by atoms with E-state index in [1.807, 2.05) is 11.8 Å². The minimum Gasteiger partial charge on any atom is -0.362 e. The van der Waals surface area contributed by atoms with Crippen molar-refractivity contribution in [2.75, 3.05) is 32.4 Å². The van der Waals surface area contributed by atoms with Crippen LogP contribution in [0.5, 0.6) is 0 Å². The van der Waals surface area contributed by atoms with E-state index >= 15 is 0 Å². The summed E-state index contributed by atoms with van der Waals surface area (Å²) in [4.78, 5) is 7.31. The Labute approximate surface area is 121 Å². The predicted molar refractivity (Wildman–Crippen MR) is 83.9 cm³/mol. The van der Waals surface area contributed by atoms with Gasteiger partial charge in [-0.05, 0) is 57.7 Å². The van der Waals surface area contributed by atoms with Crippen LogP contribution in [-0.2, 0) is 0 Å². The van der Waals surface area contributed by atoms with Gasteiger partial charge in [-0.25, -0.2) is 0 Å². The number of nitrogens with one attached hydrogen (secondary N) is 1. The molecule has 2 heterocycles. The lowest BCUT2D eigenvalue weighted by Crippen LogP contribution is -2.46. The summed E-state index contributed by atoms with van der Waals surface area (Å²) in [5.74, 6) is 3.01. The van der Waals surface area contributed by atoms with Crippen LogP contribution >= 0.6 is 11.8 Å². The monoisotopic (exact) mass is 281 g/mol. The lowest BCUT2D eigenvalue weighted by molar-refractivity contribution is 0.223. The highest BCUT2D eigenvalue weighted by atomic mass is 32.2. The second kappa shape index (κ2) is 6.49. The van der Waals surface area contributed by atoms with Crippen molar-refractivity contribution in [2.24, 2.45) is 16.8 Å². The van der Waals surface area contributed by atoms with E-state index in [-0.39, 0.29) is 0 Å². The maximum atomic E-state index is 4.87. The average Bonchev–Trinajstić information content (AvgIpc) is 2.46. The number of rotatable bonds is 2. The van der Waals surface area contributed by atoms with Crippen molar-refractivity contribution in [3.05, 3.63) is 0 Å². The first-order valence-corrected chi connectivity index (χ1v) is 8.92. The zero-order chi connectivity index (χ0) is 13.1. The molecular formula is C15H27N3S. The summed E-state index contributed by atoms with van der Waals surface area (Å²) in [7, 11) is 2.23. The van der Waals surface area contributed by atoms with Gasteiger partial charge in [-0.2, -0.15) is 0 Å². The zero-order valence-electron chi connectivity index (χ0n) is 12.1. The molecule has 3 rings (SSSR count). The van der Waals surface area contributed by atoms with Gasteiger partial charge in [0.15, 0.2) is 5.17 Å². The van der Waals surface area contributed by atoms with Gasteiger partial charge in [0.05, 0.1) is 0 Å². The van der Waals surface area contributed by atoms with E-state index < -0.39 is 0 Å². The lowest BCUT2D eigenvalue weighted by atomic mass is 9.86. The first kappa shape index (κ1) is 13.7. The van der Waals surface area contributed by atoms with Crippen LogP contribution in [0.25, 0.3) is 0 Å². The Hall–Kier alpha value is -0.220. The number of amidine groups is 1. The second-order valence-corrected chi connectivity index (χ2v) is 7.51. The number of piperidine rings is 1. The summed E-state index contributed by atoms with van der Waals surface area (Å²) in [5, 5.41) is 4.94. The number of likely N-dealkylation sites (tertiary alicyclic amines) is 1. The molecule has 0 spiro atoms. The van der Waals surface area contributed by atoms with Crippen LogP contribution in [-0.4, -0.2) is 48.5 Å². The van der Waals surface area contributed by atoms with E-state index in [1.165, 1.54) is 62.5 Å². The van der Waals surface area contributed by atoms with E-state index in [1.54, 1.807) is 0 Å². The van der Waals surface area contributed by atoms with Crippen LogP contribution in [0, 0.1) is 11.8 Å². The Kier molecular flexibility index (Phi) is 4.69. The fraction of sp³-hybridized carbons (Fsp3) is 0.933. The van der Waals surface area contributed by atoms with Crippen LogP contribution in [0.3, 0.4) is 0 Å². The number of aliphatic imine (C=N–C) groups is 1. The van der Waals surface area contributed by atoms with Gasteiger partial charge in [0.25, 0.3) is 0 Å². The maximum absolute atomic E-state index is 4.87. The van der Waals surface area contributed by atoms with Crippen LogP contribution in [0.4, 0.5) is 0 Å². The maximum Gasteiger partial charge on any atom is 0.156 e. The van der Waals surface area contributed by atoms with E-state index in [9.17, 15) is 0 Å². The minimum absolute atomic E-state index is 0.728. The van der Waals surface area contributed by atoms with Gasteiger partial charge in [-0.1, -0.05) is 24.6 Å². The first-order valence-electron chi connectivity index (χ1n) is 7.93.